The molecule has 2 aliphatic rings. The minimum atomic E-state index is -0.890. The number of fused-ring (bicyclic) bond motifs is 1. The average molecular weight is 355 g/mol. The summed E-state index contributed by atoms with van der Waals surface area (Å²) in [7, 11) is 0.428. The Morgan fingerprint density at radius 1 is 1.35 bits per heavy atom. The maximum Gasteiger partial charge on any atom is 0.491 e. The Kier molecular flexibility index (Phi) is 4.52. The molecular weight excluding hydrogens is 337 g/mol. The zero-order valence-electron chi connectivity index (χ0n) is 14.3. The van der Waals surface area contributed by atoms with Crippen molar-refractivity contribution in [3.05, 3.63) is 41.5 Å². The number of benzene rings is 1. The van der Waals surface area contributed by atoms with Crippen molar-refractivity contribution < 1.29 is 28.7 Å². The van der Waals surface area contributed by atoms with Gasteiger partial charge < -0.3 is 23.9 Å². The molecule has 0 radical (unpaired) electrons. The molecule has 7 nitrogen and oxygen atoms in total. The summed E-state index contributed by atoms with van der Waals surface area (Å²) in [5.74, 6) is 1.10. The highest BCUT2D eigenvalue weighted by molar-refractivity contribution is 6.61. The van der Waals surface area contributed by atoms with E-state index in [1.807, 2.05) is 0 Å². The summed E-state index contributed by atoms with van der Waals surface area (Å²) in [6, 6.07) is 8.46. The molecule has 1 aromatic carbocycles. The predicted molar refractivity (Wildman–Crippen MR) is 92.7 cm³/mol. The fourth-order valence-corrected chi connectivity index (χ4v) is 2.73. The molecule has 1 aliphatic carbocycles. The van der Waals surface area contributed by atoms with Crippen LogP contribution in [0.5, 0.6) is 17.5 Å². The highest BCUT2D eigenvalue weighted by atomic mass is 16.5. The van der Waals surface area contributed by atoms with Gasteiger partial charge in [0.25, 0.3) is 0 Å². The van der Waals surface area contributed by atoms with Crippen molar-refractivity contribution in [1.82, 2.24) is 4.98 Å². The molecule has 0 bridgehead atoms. The van der Waals surface area contributed by atoms with Crippen molar-refractivity contribution in [2.45, 2.75) is 19.4 Å². The molecule has 26 heavy (non-hydrogen) atoms. The number of methoxy groups -OCH3 is 1. The van der Waals surface area contributed by atoms with E-state index in [0.717, 1.165) is 23.9 Å². The number of ether oxygens (including phenoxy) is 3. The van der Waals surface area contributed by atoms with Gasteiger partial charge in [-0.25, -0.2) is 4.79 Å². The van der Waals surface area contributed by atoms with Crippen molar-refractivity contribution in [3.63, 3.8) is 0 Å². The first-order valence-corrected chi connectivity index (χ1v) is 8.46. The van der Waals surface area contributed by atoms with Crippen LogP contribution in [0.1, 0.15) is 28.8 Å². The van der Waals surface area contributed by atoms with Crippen LogP contribution in [-0.2, 0) is 16.0 Å². The fourth-order valence-electron chi connectivity index (χ4n) is 2.73. The minimum absolute atomic E-state index is 0.209. The molecule has 0 unspecified atom stereocenters. The van der Waals surface area contributed by atoms with E-state index in [1.165, 1.54) is 7.11 Å². The number of hydrogen-bond donors (Lipinski definition) is 1. The number of nitrogens with zero attached hydrogens (tertiary/aromatic N) is 1. The smallest absolute Gasteiger partial charge is 0.477 e. The third-order valence-corrected chi connectivity index (χ3v) is 4.39. The second kappa shape index (κ2) is 6.97. The van der Waals surface area contributed by atoms with Crippen LogP contribution >= 0.6 is 0 Å². The predicted octanol–water partition coefficient (Wildman–Crippen LogP) is 1.67. The van der Waals surface area contributed by atoms with Crippen LogP contribution in [0.15, 0.2) is 30.3 Å². The molecule has 8 heteroatoms. The third kappa shape index (κ3) is 3.52. The van der Waals surface area contributed by atoms with Gasteiger partial charge in [0.15, 0.2) is 0 Å². The lowest BCUT2D eigenvalue weighted by atomic mass is 9.80. The summed E-state index contributed by atoms with van der Waals surface area (Å²) in [5, 5.41) is 9.68. The lowest BCUT2D eigenvalue weighted by Gasteiger charge is -2.12. The highest BCUT2D eigenvalue weighted by Crippen LogP contribution is 2.31. The summed E-state index contributed by atoms with van der Waals surface area (Å²) in [6.07, 6.45) is 2.26. The highest BCUT2D eigenvalue weighted by Gasteiger charge is 2.27. The second-order valence-electron chi connectivity index (χ2n) is 6.37. The van der Waals surface area contributed by atoms with Crippen LogP contribution in [0.3, 0.4) is 0 Å². The number of carbonyl (C=O) groups excluding carboxylic acids is 1. The number of esters is 1. The first-order valence-electron chi connectivity index (χ1n) is 8.46. The third-order valence-electron chi connectivity index (χ3n) is 4.39. The summed E-state index contributed by atoms with van der Waals surface area (Å²) in [5.41, 5.74) is 1.87. The van der Waals surface area contributed by atoms with Gasteiger partial charge in [-0.3, -0.25) is 0 Å². The van der Waals surface area contributed by atoms with Crippen molar-refractivity contribution in [2.75, 3.05) is 13.7 Å². The largest absolute Gasteiger partial charge is 0.491 e. The Bertz CT molecular complexity index is 838. The molecule has 2 heterocycles. The molecule has 134 valence electrons. The molecule has 0 spiro atoms. The number of rotatable bonds is 6. The second-order valence-corrected chi connectivity index (χ2v) is 6.37. The van der Waals surface area contributed by atoms with Gasteiger partial charge in [-0.05, 0) is 48.0 Å². The fraction of sp³-hybridized carbons (Fsp3) is 0.333. The summed E-state index contributed by atoms with van der Waals surface area (Å²) in [6.45, 7) is 0.854. The van der Waals surface area contributed by atoms with E-state index in [-0.39, 0.29) is 11.4 Å². The molecular formula is C18H18BNO6. The Balaban J connectivity index is 1.56. The Morgan fingerprint density at radius 3 is 2.96 bits per heavy atom. The van der Waals surface area contributed by atoms with Crippen LogP contribution in [0.25, 0.3) is 0 Å². The van der Waals surface area contributed by atoms with Gasteiger partial charge in [-0.1, -0.05) is 6.07 Å². The topological polar surface area (TPSA) is 87.1 Å². The van der Waals surface area contributed by atoms with Crippen LogP contribution in [0.2, 0.25) is 0 Å². The molecule has 0 amide bonds. The Labute approximate surface area is 151 Å². The van der Waals surface area contributed by atoms with Gasteiger partial charge >= 0.3 is 13.1 Å². The van der Waals surface area contributed by atoms with Crippen molar-refractivity contribution in [3.8, 4) is 17.5 Å². The molecule has 4 rings (SSSR count). The molecule has 0 saturated heterocycles. The van der Waals surface area contributed by atoms with Crippen molar-refractivity contribution in [1.29, 1.82) is 0 Å². The van der Waals surface area contributed by atoms with E-state index in [9.17, 15) is 9.82 Å². The molecule has 1 fully saturated rings. The van der Waals surface area contributed by atoms with Crippen LogP contribution in [0, 0.1) is 5.92 Å². The first kappa shape index (κ1) is 16.9. The molecule has 2 aromatic rings. The zero-order valence-corrected chi connectivity index (χ0v) is 14.3. The summed E-state index contributed by atoms with van der Waals surface area (Å²) in [4.78, 5) is 16.2. The Hall–Kier alpha value is -2.58. The van der Waals surface area contributed by atoms with Crippen LogP contribution in [0.4, 0.5) is 0 Å². The normalized spacial score (nSPS) is 15.5. The maximum atomic E-state index is 11.9. The van der Waals surface area contributed by atoms with Gasteiger partial charge in [-0.15, -0.1) is 0 Å². The van der Waals surface area contributed by atoms with E-state index in [2.05, 4.69) is 4.98 Å². The van der Waals surface area contributed by atoms with E-state index < -0.39 is 13.1 Å². The lowest BCUT2D eigenvalue weighted by molar-refractivity contribution is 0.0594. The lowest BCUT2D eigenvalue weighted by Crippen LogP contribution is -2.27. The summed E-state index contributed by atoms with van der Waals surface area (Å²) >= 11 is 0. The van der Waals surface area contributed by atoms with E-state index in [1.54, 1.807) is 30.3 Å². The molecule has 1 aliphatic heterocycles. The monoisotopic (exact) mass is 355 g/mol. The van der Waals surface area contributed by atoms with E-state index in [4.69, 9.17) is 18.9 Å². The Morgan fingerprint density at radius 2 is 2.19 bits per heavy atom. The van der Waals surface area contributed by atoms with E-state index >= 15 is 0 Å². The van der Waals surface area contributed by atoms with Crippen LogP contribution in [-0.4, -0.2) is 36.8 Å². The first-order chi connectivity index (χ1) is 12.6. The standard InChI is InChI=1S/C18H18BNO6/c1-23-18(21)14-5-7-16(20-17(14)24-9-11-2-3-11)26-13-4-6-15-12(8-13)10-25-19(15)22/h4-8,11,22H,2-3,9-10H2,1H3. The van der Waals surface area contributed by atoms with E-state index in [0.29, 0.717) is 30.8 Å². The quantitative estimate of drug-likeness (QED) is 0.623. The number of aromatic nitrogens is 1. The SMILES string of the molecule is COC(=O)c1ccc(Oc2ccc3c(c2)COB3O)nc1OCC1CC1. The number of hydrogen-bond acceptors (Lipinski definition) is 7. The minimum Gasteiger partial charge on any atom is -0.477 e. The van der Waals surface area contributed by atoms with Gasteiger partial charge in [0.2, 0.25) is 11.8 Å². The average Bonchev–Trinajstić information content (AvgIpc) is 3.42. The molecule has 0 atom stereocenters. The van der Waals surface area contributed by atoms with Crippen LogP contribution < -0.4 is 14.9 Å². The van der Waals surface area contributed by atoms with Gasteiger partial charge in [-0.2, -0.15) is 4.98 Å². The number of pyridine rings is 1. The molecule has 1 saturated carbocycles. The molecule has 1 N–H and O–H groups in total. The van der Waals surface area contributed by atoms with Gasteiger partial charge in [0.1, 0.15) is 11.3 Å². The molecule has 1 aromatic heterocycles. The maximum absolute atomic E-state index is 11.9. The zero-order chi connectivity index (χ0) is 18.1. The van der Waals surface area contributed by atoms with Crippen molar-refractivity contribution >= 4 is 18.6 Å². The number of carbonyl (C=O) groups is 1. The van der Waals surface area contributed by atoms with Gasteiger partial charge in [0.05, 0.1) is 20.3 Å². The van der Waals surface area contributed by atoms with Gasteiger partial charge in [0, 0.05) is 6.07 Å². The van der Waals surface area contributed by atoms with Crippen molar-refractivity contribution in [2.24, 2.45) is 5.92 Å². The summed E-state index contributed by atoms with van der Waals surface area (Å²) < 4.78 is 21.5.